The van der Waals surface area contributed by atoms with E-state index in [0.717, 1.165) is 0 Å². The van der Waals surface area contributed by atoms with E-state index in [-0.39, 0.29) is 30.1 Å². The van der Waals surface area contributed by atoms with Crippen LogP contribution in [-0.4, -0.2) is 63.0 Å². The Balaban J connectivity index is 1.93. The van der Waals surface area contributed by atoms with Crippen molar-refractivity contribution >= 4 is 21.7 Å². The van der Waals surface area contributed by atoms with Gasteiger partial charge in [0.15, 0.2) is 16.4 Å². The van der Waals surface area contributed by atoms with Gasteiger partial charge in [0.25, 0.3) is 5.91 Å². The Morgan fingerprint density at radius 1 is 1.25 bits per heavy atom. The number of likely N-dealkylation sites (N-methyl/N-ethyl adjacent to an activating group) is 1. The van der Waals surface area contributed by atoms with Crippen LogP contribution in [0.4, 0.5) is 0 Å². The van der Waals surface area contributed by atoms with Crippen molar-refractivity contribution in [3.63, 3.8) is 0 Å². The molecule has 1 heterocycles. The van der Waals surface area contributed by atoms with E-state index in [2.05, 4.69) is 4.74 Å². The van der Waals surface area contributed by atoms with Crippen molar-refractivity contribution in [2.45, 2.75) is 19.4 Å². The van der Waals surface area contributed by atoms with Crippen molar-refractivity contribution < 1.29 is 27.5 Å². The van der Waals surface area contributed by atoms with Gasteiger partial charge >= 0.3 is 5.97 Å². The minimum atomic E-state index is -3.05. The average Bonchev–Trinajstić information content (AvgIpc) is 2.93. The van der Waals surface area contributed by atoms with Crippen molar-refractivity contribution in [3.8, 4) is 5.75 Å². The second kappa shape index (κ2) is 7.65. The zero-order valence-corrected chi connectivity index (χ0v) is 14.5. The van der Waals surface area contributed by atoms with Crippen molar-refractivity contribution in [1.29, 1.82) is 0 Å². The molecule has 1 amide bonds. The zero-order valence-electron chi connectivity index (χ0n) is 13.7. The van der Waals surface area contributed by atoms with E-state index in [4.69, 9.17) is 4.74 Å². The van der Waals surface area contributed by atoms with Gasteiger partial charge in [0, 0.05) is 12.6 Å². The SMILES string of the molecule is CCN(C(=O)COc1ccc(C(=O)OC)cc1)[C@@H]1CCS(=O)(=O)C1. The Hall–Kier alpha value is -2.09. The number of benzene rings is 1. The molecule has 1 saturated heterocycles. The van der Waals surface area contributed by atoms with Crippen LogP contribution in [-0.2, 0) is 19.4 Å². The summed E-state index contributed by atoms with van der Waals surface area (Å²) in [5.41, 5.74) is 0.391. The Bertz CT molecular complexity index is 698. The molecule has 7 nitrogen and oxygen atoms in total. The molecule has 0 aromatic heterocycles. The molecule has 1 atom stereocenters. The molecule has 1 fully saturated rings. The topological polar surface area (TPSA) is 90.0 Å². The third-order valence-electron chi connectivity index (χ3n) is 3.95. The van der Waals surface area contributed by atoms with Gasteiger partial charge in [-0.1, -0.05) is 0 Å². The predicted molar refractivity (Wildman–Crippen MR) is 87.7 cm³/mol. The fourth-order valence-electron chi connectivity index (χ4n) is 2.69. The van der Waals surface area contributed by atoms with E-state index in [0.29, 0.717) is 24.3 Å². The molecule has 0 saturated carbocycles. The number of methoxy groups -OCH3 is 1. The van der Waals surface area contributed by atoms with Gasteiger partial charge in [-0.05, 0) is 37.6 Å². The largest absolute Gasteiger partial charge is 0.484 e. The van der Waals surface area contributed by atoms with E-state index >= 15 is 0 Å². The van der Waals surface area contributed by atoms with Crippen LogP contribution in [0.1, 0.15) is 23.7 Å². The van der Waals surface area contributed by atoms with E-state index in [1.165, 1.54) is 7.11 Å². The van der Waals surface area contributed by atoms with Crippen LogP contribution in [0.25, 0.3) is 0 Å². The van der Waals surface area contributed by atoms with Gasteiger partial charge < -0.3 is 14.4 Å². The number of esters is 1. The number of nitrogens with zero attached hydrogens (tertiary/aromatic N) is 1. The third kappa shape index (κ3) is 4.47. The van der Waals surface area contributed by atoms with Gasteiger partial charge in [-0.2, -0.15) is 0 Å². The first kappa shape index (κ1) is 18.3. The Kier molecular flexibility index (Phi) is 5.82. The molecular weight excluding hydrogens is 334 g/mol. The number of carbonyl (C=O) groups excluding carboxylic acids is 2. The molecule has 132 valence electrons. The summed E-state index contributed by atoms with van der Waals surface area (Å²) < 4.78 is 33.2. The van der Waals surface area contributed by atoms with Crippen molar-refractivity contribution in [2.24, 2.45) is 0 Å². The summed E-state index contributed by atoms with van der Waals surface area (Å²) in [5, 5.41) is 0. The molecule has 1 aliphatic rings. The number of rotatable bonds is 6. The van der Waals surface area contributed by atoms with Crippen LogP contribution < -0.4 is 4.74 Å². The van der Waals surface area contributed by atoms with Gasteiger partial charge in [-0.3, -0.25) is 4.79 Å². The number of amides is 1. The van der Waals surface area contributed by atoms with Crippen molar-refractivity contribution in [1.82, 2.24) is 4.90 Å². The fraction of sp³-hybridized carbons (Fsp3) is 0.500. The zero-order chi connectivity index (χ0) is 17.7. The van der Waals surface area contributed by atoms with Gasteiger partial charge in [0.2, 0.25) is 0 Å². The van der Waals surface area contributed by atoms with Gasteiger partial charge in [-0.15, -0.1) is 0 Å². The Labute approximate surface area is 141 Å². The second-order valence-corrected chi connectivity index (χ2v) is 7.77. The predicted octanol–water partition coefficient (Wildman–Crippen LogP) is 0.888. The van der Waals surface area contributed by atoms with E-state index in [9.17, 15) is 18.0 Å². The van der Waals surface area contributed by atoms with E-state index in [1.54, 1.807) is 29.2 Å². The minimum absolute atomic E-state index is 0.0143. The first-order chi connectivity index (χ1) is 11.4. The molecule has 0 N–H and O–H groups in total. The summed E-state index contributed by atoms with van der Waals surface area (Å²) in [6.07, 6.45) is 0.468. The van der Waals surface area contributed by atoms with Crippen LogP contribution in [0, 0.1) is 0 Å². The fourth-order valence-corrected chi connectivity index (χ4v) is 4.42. The number of hydrogen-bond donors (Lipinski definition) is 0. The van der Waals surface area contributed by atoms with E-state index in [1.807, 2.05) is 6.92 Å². The van der Waals surface area contributed by atoms with Crippen LogP contribution >= 0.6 is 0 Å². The molecule has 2 rings (SSSR count). The second-order valence-electron chi connectivity index (χ2n) is 5.54. The molecule has 1 aromatic rings. The molecule has 0 spiro atoms. The maximum atomic E-state index is 12.3. The van der Waals surface area contributed by atoms with Crippen molar-refractivity contribution in [2.75, 3.05) is 31.8 Å². The Morgan fingerprint density at radius 3 is 2.42 bits per heavy atom. The van der Waals surface area contributed by atoms with Crippen LogP contribution in [0.5, 0.6) is 5.75 Å². The van der Waals surface area contributed by atoms with E-state index < -0.39 is 15.8 Å². The lowest BCUT2D eigenvalue weighted by molar-refractivity contribution is -0.135. The summed E-state index contributed by atoms with van der Waals surface area (Å²) in [6, 6.07) is 5.98. The van der Waals surface area contributed by atoms with Gasteiger partial charge in [0.1, 0.15) is 5.75 Å². The highest BCUT2D eigenvalue weighted by atomic mass is 32.2. The molecule has 1 aromatic carbocycles. The standard InChI is InChI=1S/C16H21NO6S/c1-3-17(13-8-9-24(20,21)11-13)15(18)10-23-14-6-4-12(5-7-14)16(19)22-2/h4-7,13H,3,8-11H2,1-2H3/t13-/m1/s1. The lowest BCUT2D eigenvalue weighted by atomic mass is 10.2. The average molecular weight is 355 g/mol. The van der Waals surface area contributed by atoms with Gasteiger partial charge in [0.05, 0.1) is 24.2 Å². The van der Waals surface area contributed by atoms with Crippen LogP contribution in [0.2, 0.25) is 0 Å². The smallest absolute Gasteiger partial charge is 0.337 e. The molecule has 0 bridgehead atoms. The quantitative estimate of drug-likeness (QED) is 0.704. The molecule has 24 heavy (non-hydrogen) atoms. The third-order valence-corrected chi connectivity index (χ3v) is 5.70. The number of carbonyl (C=O) groups is 2. The first-order valence-corrected chi connectivity index (χ1v) is 9.49. The highest BCUT2D eigenvalue weighted by molar-refractivity contribution is 7.91. The molecule has 8 heteroatoms. The van der Waals surface area contributed by atoms with Gasteiger partial charge in [-0.25, -0.2) is 13.2 Å². The monoisotopic (exact) mass is 355 g/mol. The Morgan fingerprint density at radius 2 is 1.92 bits per heavy atom. The lowest BCUT2D eigenvalue weighted by Gasteiger charge is -2.26. The summed E-state index contributed by atoms with van der Waals surface area (Å²) in [7, 11) is -1.75. The summed E-state index contributed by atoms with van der Waals surface area (Å²) in [5.74, 6) is -0.113. The number of sulfone groups is 1. The van der Waals surface area contributed by atoms with Crippen LogP contribution in [0.15, 0.2) is 24.3 Å². The van der Waals surface area contributed by atoms with Crippen molar-refractivity contribution in [3.05, 3.63) is 29.8 Å². The minimum Gasteiger partial charge on any atom is -0.484 e. The molecule has 0 unspecified atom stereocenters. The summed E-state index contributed by atoms with van der Waals surface area (Å²) >= 11 is 0. The summed E-state index contributed by atoms with van der Waals surface area (Å²) in [4.78, 5) is 25.2. The molecule has 0 aliphatic carbocycles. The normalized spacial score (nSPS) is 18.8. The highest BCUT2D eigenvalue weighted by Gasteiger charge is 2.33. The highest BCUT2D eigenvalue weighted by Crippen LogP contribution is 2.18. The summed E-state index contributed by atoms with van der Waals surface area (Å²) in [6.45, 7) is 2.07. The number of hydrogen-bond acceptors (Lipinski definition) is 6. The maximum absolute atomic E-state index is 12.3. The lowest BCUT2D eigenvalue weighted by Crippen LogP contribution is -2.43. The molecule has 1 aliphatic heterocycles. The first-order valence-electron chi connectivity index (χ1n) is 7.67. The molecular formula is C16H21NO6S. The number of ether oxygens (including phenoxy) is 2. The maximum Gasteiger partial charge on any atom is 0.337 e. The molecule has 0 radical (unpaired) electrons. The van der Waals surface area contributed by atoms with Crippen LogP contribution in [0.3, 0.4) is 0 Å².